The monoisotopic (exact) mass is 428 g/mol. The second kappa shape index (κ2) is 7.45. The van der Waals surface area contributed by atoms with Gasteiger partial charge in [0.05, 0.1) is 0 Å². The smallest absolute Gasteiger partial charge is 0.246 e. The van der Waals surface area contributed by atoms with Gasteiger partial charge in [0.15, 0.2) is 0 Å². The molecule has 1 saturated heterocycles. The first-order chi connectivity index (χ1) is 13.3. The van der Waals surface area contributed by atoms with E-state index in [-0.39, 0.29) is 37.8 Å². The molecule has 0 bridgehead atoms. The van der Waals surface area contributed by atoms with Crippen LogP contribution in [0.1, 0.15) is 36.6 Å². The quantitative estimate of drug-likeness (QED) is 0.791. The van der Waals surface area contributed by atoms with Gasteiger partial charge in [0.1, 0.15) is 21.5 Å². The minimum absolute atomic E-state index is 0.0554. The molecule has 28 heavy (non-hydrogen) atoms. The third-order valence-electron chi connectivity index (χ3n) is 4.93. The first-order valence-corrected chi connectivity index (χ1v) is 11.2. The lowest BCUT2D eigenvalue weighted by Gasteiger charge is -2.30. The fraction of sp³-hybridized carbons (Fsp3) is 0.471. The minimum atomic E-state index is -4.16. The molecule has 2 heterocycles. The number of piperidine rings is 1. The average molecular weight is 428 g/mol. The van der Waals surface area contributed by atoms with Crippen molar-refractivity contribution in [1.29, 1.82) is 0 Å². The average Bonchev–Trinajstić information content (AvgIpc) is 3.43. The molecule has 1 N–H and O–H groups in total. The van der Waals surface area contributed by atoms with Crippen molar-refractivity contribution in [3.05, 3.63) is 34.8 Å². The van der Waals surface area contributed by atoms with E-state index in [1.54, 1.807) is 0 Å². The summed E-state index contributed by atoms with van der Waals surface area (Å²) in [5.41, 5.74) is 0. The maximum absolute atomic E-state index is 13.9. The molecule has 7 nitrogen and oxygen atoms in total. The highest BCUT2D eigenvalue weighted by atomic mass is 32.2. The van der Waals surface area contributed by atoms with Gasteiger partial charge in [-0.15, -0.1) is 10.2 Å². The normalized spacial score (nSPS) is 18.9. The highest BCUT2D eigenvalue weighted by Gasteiger charge is 2.34. The van der Waals surface area contributed by atoms with Crippen LogP contribution in [0.3, 0.4) is 0 Å². The number of carbonyl (C=O) groups is 1. The Hall–Kier alpha value is -1.98. The Bertz CT molecular complexity index is 1000. The van der Waals surface area contributed by atoms with Crippen molar-refractivity contribution in [2.45, 2.75) is 36.5 Å². The Morgan fingerprint density at radius 3 is 2.54 bits per heavy atom. The number of carbonyl (C=O) groups excluding carboxylic acids is 1. The third kappa shape index (κ3) is 3.91. The first kappa shape index (κ1) is 19.3. The van der Waals surface area contributed by atoms with Crippen molar-refractivity contribution in [1.82, 2.24) is 14.5 Å². The SMILES string of the molecule is O=C(Nc1nnc(C2CC2)s1)C1CCN(S(=O)(=O)c2cc(F)ccc2F)CC1. The van der Waals surface area contributed by atoms with Crippen LogP contribution in [0.5, 0.6) is 0 Å². The van der Waals surface area contributed by atoms with Crippen LogP contribution in [-0.2, 0) is 14.8 Å². The number of rotatable bonds is 5. The highest BCUT2D eigenvalue weighted by molar-refractivity contribution is 7.89. The molecule has 0 radical (unpaired) electrons. The number of nitrogens with one attached hydrogen (secondary N) is 1. The topological polar surface area (TPSA) is 92.3 Å². The first-order valence-electron chi connectivity index (χ1n) is 8.94. The van der Waals surface area contributed by atoms with Gasteiger partial charge in [-0.1, -0.05) is 11.3 Å². The number of nitrogens with zero attached hydrogens (tertiary/aromatic N) is 3. The van der Waals surface area contributed by atoms with E-state index in [4.69, 9.17) is 0 Å². The Balaban J connectivity index is 1.38. The van der Waals surface area contributed by atoms with E-state index < -0.39 is 26.6 Å². The molecule has 1 aromatic carbocycles. The molecule has 1 aliphatic heterocycles. The predicted molar refractivity (Wildman–Crippen MR) is 98.4 cm³/mol. The van der Waals surface area contributed by atoms with Gasteiger partial charge in [0.25, 0.3) is 0 Å². The zero-order valence-corrected chi connectivity index (χ0v) is 16.4. The summed E-state index contributed by atoms with van der Waals surface area (Å²) in [7, 11) is -4.16. The van der Waals surface area contributed by atoms with E-state index in [9.17, 15) is 22.0 Å². The molecule has 2 aromatic rings. The fourth-order valence-corrected chi connectivity index (χ4v) is 5.62. The van der Waals surface area contributed by atoms with E-state index in [0.29, 0.717) is 17.1 Å². The van der Waals surface area contributed by atoms with Crippen LogP contribution < -0.4 is 5.32 Å². The maximum Gasteiger partial charge on any atom is 0.246 e. The van der Waals surface area contributed by atoms with Gasteiger partial charge in [-0.05, 0) is 43.9 Å². The van der Waals surface area contributed by atoms with Crippen molar-refractivity contribution in [2.24, 2.45) is 5.92 Å². The van der Waals surface area contributed by atoms with E-state index in [1.165, 1.54) is 11.3 Å². The van der Waals surface area contributed by atoms with Crippen molar-refractivity contribution in [3.8, 4) is 0 Å². The van der Waals surface area contributed by atoms with Crippen LogP contribution in [0.25, 0.3) is 0 Å². The minimum Gasteiger partial charge on any atom is -0.300 e. The summed E-state index contributed by atoms with van der Waals surface area (Å²) in [5.74, 6) is -1.97. The van der Waals surface area contributed by atoms with Gasteiger partial charge in [-0.3, -0.25) is 4.79 Å². The second-order valence-electron chi connectivity index (χ2n) is 6.96. The van der Waals surface area contributed by atoms with Gasteiger partial charge in [-0.25, -0.2) is 17.2 Å². The summed E-state index contributed by atoms with van der Waals surface area (Å²) in [6.07, 6.45) is 2.77. The maximum atomic E-state index is 13.9. The number of hydrogen-bond acceptors (Lipinski definition) is 6. The lowest BCUT2D eigenvalue weighted by atomic mass is 9.97. The van der Waals surface area contributed by atoms with Crippen LogP contribution in [0, 0.1) is 17.6 Å². The summed E-state index contributed by atoms with van der Waals surface area (Å²) in [5, 5.41) is 12.2. The van der Waals surface area contributed by atoms with E-state index >= 15 is 0 Å². The highest BCUT2D eigenvalue weighted by Crippen LogP contribution is 2.42. The number of hydrogen-bond donors (Lipinski definition) is 1. The zero-order chi connectivity index (χ0) is 19.9. The number of benzene rings is 1. The van der Waals surface area contributed by atoms with Gasteiger partial charge in [-0.2, -0.15) is 4.31 Å². The van der Waals surface area contributed by atoms with Crippen LogP contribution in [0.4, 0.5) is 13.9 Å². The molecule has 1 aromatic heterocycles. The molecule has 0 unspecified atom stereocenters. The summed E-state index contributed by atoms with van der Waals surface area (Å²) in [4.78, 5) is 11.8. The molecule has 1 aliphatic carbocycles. The van der Waals surface area contributed by atoms with Crippen LogP contribution in [-0.4, -0.2) is 41.9 Å². The molecular formula is C17H18F2N4O3S2. The molecular weight excluding hydrogens is 410 g/mol. The molecule has 2 fully saturated rings. The molecule has 2 aliphatic rings. The molecule has 11 heteroatoms. The van der Waals surface area contributed by atoms with Crippen LogP contribution in [0.15, 0.2) is 23.1 Å². The molecule has 0 spiro atoms. The van der Waals surface area contributed by atoms with Crippen molar-refractivity contribution in [3.63, 3.8) is 0 Å². The van der Waals surface area contributed by atoms with Gasteiger partial charge < -0.3 is 5.32 Å². The summed E-state index contributed by atoms with van der Waals surface area (Å²) in [6.45, 7) is 0.111. The largest absolute Gasteiger partial charge is 0.300 e. The summed E-state index contributed by atoms with van der Waals surface area (Å²) < 4.78 is 53.5. The van der Waals surface area contributed by atoms with Crippen molar-refractivity contribution >= 4 is 32.4 Å². The molecule has 1 saturated carbocycles. The van der Waals surface area contributed by atoms with Crippen molar-refractivity contribution in [2.75, 3.05) is 18.4 Å². The number of anilines is 1. The number of halogens is 2. The fourth-order valence-electron chi connectivity index (χ4n) is 3.16. The van der Waals surface area contributed by atoms with Crippen LogP contribution >= 0.6 is 11.3 Å². The zero-order valence-electron chi connectivity index (χ0n) is 14.8. The molecule has 1 amide bonds. The number of amides is 1. The van der Waals surface area contributed by atoms with Gasteiger partial charge in [0, 0.05) is 24.9 Å². The lowest BCUT2D eigenvalue weighted by molar-refractivity contribution is -0.120. The second-order valence-corrected chi connectivity index (χ2v) is 9.88. The Labute approximate surface area is 164 Å². The summed E-state index contributed by atoms with van der Waals surface area (Å²) >= 11 is 1.36. The Kier molecular flexibility index (Phi) is 5.15. The molecule has 0 atom stereocenters. The van der Waals surface area contributed by atoms with E-state index in [1.807, 2.05) is 0 Å². The standard InChI is InChI=1S/C17H18F2N4O3S2/c18-12-3-4-13(19)14(9-12)28(25,26)23-7-5-10(6-8-23)15(24)20-17-22-21-16(27-17)11-1-2-11/h3-4,9-11H,1-2,5-8H2,(H,20,22,24). The van der Waals surface area contributed by atoms with Crippen molar-refractivity contribution < 1.29 is 22.0 Å². The third-order valence-corrected chi connectivity index (χ3v) is 7.85. The van der Waals surface area contributed by atoms with Gasteiger partial charge >= 0.3 is 0 Å². The Morgan fingerprint density at radius 2 is 1.86 bits per heavy atom. The predicted octanol–water partition coefficient (Wildman–Crippen LogP) is 2.73. The van der Waals surface area contributed by atoms with Crippen LogP contribution in [0.2, 0.25) is 0 Å². The molecule has 150 valence electrons. The Morgan fingerprint density at radius 1 is 1.14 bits per heavy atom. The molecule has 4 rings (SSSR count). The van der Waals surface area contributed by atoms with Gasteiger partial charge in [0.2, 0.25) is 21.1 Å². The lowest BCUT2D eigenvalue weighted by Crippen LogP contribution is -2.41. The van der Waals surface area contributed by atoms with E-state index in [2.05, 4.69) is 15.5 Å². The number of sulfonamides is 1. The number of aromatic nitrogens is 2. The summed E-state index contributed by atoms with van der Waals surface area (Å²) in [6, 6.07) is 2.34. The van der Waals surface area contributed by atoms with E-state index in [0.717, 1.165) is 34.3 Å².